The van der Waals surface area contributed by atoms with Crippen LogP contribution in [0.3, 0.4) is 0 Å². The first-order chi connectivity index (χ1) is 9.99. The first-order valence-electron chi connectivity index (χ1n) is 7.11. The minimum Gasteiger partial charge on any atom is -0.496 e. The second-order valence-electron chi connectivity index (χ2n) is 5.29. The molecule has 21 heavy (non-hydrogen) atoms. The standard InChI is InChI=1S/C17H22ClNOS/c1-6-19-16(17-15(18)12(4)9-21-17)14-11(3)7-10(2)8-13(14)20-5/h7-9,16,19H,6H2,1-5H3. The summed E-state index contributed by atoms with van der Waals surface area (Å²) in [6, 6.07) is 4.34. The summed E-state index contributed by atoms with van der Waals surface area (Å²) in [5, 5.41) is 6.51. The van der Waals surface area contributed by atoms with Gasteiger partial charge in [-0.2, -0.15) is 0 Å². The molecule has 2 rings (SSSR count). The molecule has 4 heteroatoms. The second-order valence-corrected chi connectivity index (χ2v) is 6.57. The molecule has 0 saturated carbocycles. The van der Waals surface area contributed by atoms with Crippen molar-refractivity contribution in [2.75, 3.05) is 13.7 Å². The number of hydrogen-bond acceptors (Lipinski definition) is 3. The van der Waals surface area contributed by atoms with E-state index in [2.05, 4.69) is 43.6 Å². The van der Waals surface area contributed by atoms with E-state index in [1.807, 2.05) is 6.92 Å². The van der Waals surface area contributed by atoms with Gasteiger partial charge in [-0.25, -0.2) is 0 Å². The van der Waals surface area contributed by atoms with E-state index in [0.717, 1.165) is 27.8 Å². The maximum absolute atomic E-state index is 6.50. The van der Waals surface area contributed by atoms with Gasteiger partial charge in [0.25, 0.3) is 0 Å². The zero-order chi connectivity index (χ0) is 15.6. The van der Waals surface area contributed by atoms with Crippen molar-refractivity contribution in [1.82, 2.24) is 5.32 Å². The highest BCUT2D eigenvalue weighted by Crippen LogP contribution is 2.40. The molecule has 114 valence electrons. The summed E-state index contributed by atoms with van der Waals surface area (Å²) in [7, 11) is 1.72. The topological polar surface area (TPSA) is 21.3 Å². The first-order valence-corrected chi connectivity index (χ1v) is 8.37. The van der Waals surface area contributed by atoms with Crippen LogP contribution in [-0.2, 0) is 0 Å². The summed E-state index contributed by atoms with van der Waals surface area (Å²) < 4.78 is 5.62. The van der Waals surface area contributed by atoms with E-state index < -0.39 is 0 Å². The highest BCUT2D eigenvalue weighted by molar-refractivity contribution is 7.10. The molecule has 0 amide bonds. The molecule has 2 nitrogen and oxygen atoms in total. The number of halogens is 1. The quantitative estimate of drug-likeness (QED) is 0.832. The molecular formula is C17H22ClNOS. The van der Waals surface area contributed by atoms with Crippen molar-refractivity contribution in [3.63, 3.8) is 0 Å². The maximum atomic E-state index is 6.50. The van der Waals surface area contributed by atoms with Crippen LogP contribution in [0.5, 0.6) is 5.75 Å². The molecule has 1 aromatic heterocycles. The average molecular weight is 324 g/mol. The molecular weight excluding hydrogens is 302 g/mol. The lowest BCUT2D eigenvalue weighted by molar-refractivity contribution is 0.403. The fraction of sp³-hybridized carbons (Fsp3) is 0.412. The number of thiophene rings is 1. The van der Waals surface area contributed by atoms with E-state index in [9.17, 15) is 0 Å². The average Bonchev–Trinajstić information content (AvgIpc) is 2.76. The van der Waals surface area contributed by atoms with Gasteiger partial charge in [0.1, 0.15) is 5.75 Å². The Labute approximate surface area is 136 Å². The molecule has 0 aliphatic heterocycles. The van der Waals surface area contributed by atoms with Crippen molar-refractivity contribution in [3.05, 3.63) is 49.7 Å². The van der Waals surface area contributed by atoms with Crippen molar-refractivity contribution in [2.24, 2.45) is 0 Å². The van der Waals surface area contributed by atoms with Crippen LogP contribution in [0, 0.1) is 20.8 Å². The number of benzene rings is 1. The number of nitrogens with one attached hydrogen (secondary N) is 1. The van der Waals surface area contributed by atoms with Crippen LogP contribution in [0.2, 0.25) is 5.02 Å². The molecule has 0 fully saturated rings. The van der Waals surface area contributed by atoms with Gasteiger partial charge in [-0.1, -0.05) is 24.6 Å². The molecule has 0 aliphatic rings. The molecule has 1 heterocycles. The Morgan fingerprint density at radius 2 is 1.95 bits per heavy atom. The van der Waals surface area contributed by atoms with Gasteiger partial charge in [-0.3, -0.25) is 0 Å². The Balaban J connectivity index is 2.61. The Morgan fingerprint density at radius 3 is 2.48 bits per heavy atom. The predicted molar refractivity (Wildman–Crippen MR) is 92.1 cm³/mol. The van der Waals surface area contributed by atoms with Crippen LogP contribution in [0.25, 0.3) is 0 Å². The third-order valence-corrected chi connectivity index (χ3v) is 5.38. The molecule has 1 aromatic carbocycles. The highest BCUT2D eigenvalue weighted by atomic mass is 35.5. The number of methoxy groups -OCH3 is 1. The molecule has 2 aromatic rings. The summed E-state index contributed by atoms with van der Waals surface area (Å²) in [5.74, 6) is 0.917. The van der Waals surface area contributed by atoms with Gasteiger partial charge in [0.05, 0.1) is 18.2 Å². The number of ether oxygens (including phenoxy) is 1. The molecule has 1 unspecified atom stereocenters. The van der Waals surface area contributed by atoms with Gasteiger partial charge in [0, 0.05) is 10.4 Å². The maximum Gasteiger partial charge on any atom is 0.124 e. The molecule has 1 atom stereocenters. The summed E-state index contributed by atoms with van der Waals surface area (Å²) in [6.45, 7) is 9.24. The minimum absolute atomic E-state index is 0.0664. The van der Waals surface area contributed by atoms with Gasteiger partial charge in [-0.05, 0) is 55.5 Å². The molecule has 0 radical (unpaired) electrons. The van der Waals surface area contributed by atoms with Crippen LogP contribution >= 0.6 is 22.9 Å². The van der Waals surface area contributed by atoms with Crippen LogP contribution in [0.1, 0.15) is 40.1 Å². The van der Waals surface area contributed by atoms with E-state index >= 15 is 0 Å². The van der Waals surface area contributed by atoms with Gasteiger partial charge >= 0.3 is 0 Å². The number of hydrogen-bond donors (Lipinski definition) is 1. The second kappa shape index (κ2) is 6.82. The molecule has 0 spiro atoms. The lowest BCUT2D eigenvalue weighted by atomic mass is 9.96. The van der Waals surface area contributed by atoms with E-state index in [0.29, 0.717) is 0 Å². The molecule has 0 saturated heterocycles. The van der Waals surface area contributed by atoms with Crippen LogP contribution in [0.15, 0.2) is 17.5 Å². The lowest BCUT2D eigenvalue weighted by Gasteiger charge is -2.23. The van der Waals surface area contributed by atoms with E-state index in [4.69, 9.17) is 16.3 Å². The third kappa shape index (κ3) is 3.25. The molecule has 1 N–H and O–H groups in total. The molecule has 0 aliphatic carbocycles. The smallest absolute Gasteiger partial charge is 0.124 e. The summed E-state index contributed by atoms with van der Waals surface area (Å²) >= 11 is 8.20. The summed E-state index contributed by atoms with van der Waals surface area (Å²) in [6.07, 6.45) is 0. The minimum atomic E-state index is 0.0664. The highest BCUT2D eigenvalue weighted by Gasteiger charge is 2.24. The van der Waals surface area contributed by atoms with E-state index in [1.165, 1.54) is 16.7 Å². The van der Waals surface area contributed by atoms with Crippen molar-refractivity contribution in [3.8, 4) is 5.75 Å². The Hall–Kier alpha value is -1.03. The van der Waals surface area contributed by atoms with Gasteiger partial charge < -0.3 is 10.1 Å². The van der Waals surface area contributed by atoms with Crippen molar-refractivity contribution in [2.45, 2.75) is 33.7 Å². The lowest BCUT2D eigenvalue weighted by Crippen LogP contribution is -2.23. The van der Waals surface area contributed by atoms with E-state index in [1.54, 1.807) is 18.4 Å². The predicted octanol–water partition coefficient (Wildman–Crippen LogP) is 5.03. The zero-order valence-electron chi connectivity index (χ0n) is 13.2. The van der Waals surface area contributed by atoms with Crippen LogP contribution in [-0.4, -0.2) is 13.7 Å². The SMILES string of the molecule is CCNC(c1scc(C)c1Cl)c1c(C)cc(C)cc1OC. The van der Waals surface area contributed by atoms with Gasteiger partial charge in [0.15, 0.2) is 0 Å². The normalized spacial score (nSPS) is 12.5. The van der Waals surface area contributed by atoms with Crippen LogP contribution < -0.4 is 10.1 Å². The third-order valence-electron chi connectivity index (χ3n) is 3.60. The van der Waals surface area contributed by atoms with Gasteiger partial charge in [0.2, 0.25) is 0 Å². The Kier molecular flexibility index (Phi) is 5.31. The Bertz CT molecular complexity index is 636. The number of rotatable bonds is 5. The summed E-state index contributed by atoms with van der Waals surface area (Å²) in [5.41, 5.74) is 4.73. The number of aryl methyl sites for hydroxylation is 3. The van der Waals surface area contributed by atoms with Crippen molar-refractivity contribution >= 4 is 22.9 Å². The van der Waals surface area contributed by atoms with E-state index in [-0.39, 0.29) is 6.04 Å². The Morgan fingerprint density at radius 1 is 1.24 bits per heavy atom. The fourth-order valence-electron chi connectivity index (χ4n) is 2.65. The molecule has 0 bridgehead atoms. The van der Waals surface area contributed by atoms with Crippen LogP contribution in [0.4, 0.5) is 0 Å². The summed E-state index contributed by atoms with van der Waals surface area (Å²) in [4.78, 5) is 1.15. The van der Waals surface area contributed by atoms with Crippen molar-refractivity contribution < 1.29 is 4.74 Å². The fourth-order valence-corrected chi connectivity index (χ4v) is 4.04. The van der Waals surface area contributed by atoms with Gasteiger partial charge in [-0.15, -0.1) is 11.3 Å². The monoisotopic (exact) mass is 323 g/mol. The zero-order valence-corrected chi connectivity index (χ0v) is 14.8. The largest absolute Gasteiger partial charge is 0.496 e. The first kappa shape index (κ1) is 16.3. The van der Waals surface area contributed by atoms with Crippen molar-refractivity contribution in [1.29, 1.82) is 0 Å².